The van der Waals surface area contributed by atoms with Gasteiger partial charge in [-0.15, -0.1) is 0 Å². The van der Waals surface area contributed by atoms with Crippen LogP contribution in [0.2, 0.25) is 0 Å². The second-order valence-corrected chi connectivity index (χ2v) is 5.33. The third kappa shape index (κ3) is 2.90. The molecule has 0 atom stereocenters. The first-order valence-electron chi connectivity index (χ1n) is 6.23. The zero-order valence-corrected chi connectivity index (χ0v) is 12.4. The average molecular weight is 348 g/mol. The Hall–Kier alpha value is -2.33. The molecule has 3 heterocycles. The normalized spacial score (nSPS) is 14.4. The Morgan fingerprint density at radius 1 is 1.48 bits per heavy atom. The number of nitrogens with zero attached hydrogens (tertiary/aromatic N) is 3. The van der Waals surface area contributed by atoms with Gasteiger partial charge in [-0.3, -0.25) is 4.79 Å². The van der Waals surface area contributed by atoms with E-state index in [1.807, 2.05) is 6.07 Å². The number of halogens is 1. The summed E-state index contributed by atoms with van der Waals surface area (Å²) in [7, 11) is 0. The fourth-order valence-electron chi connectivity index (χ4n) is 1.98. The molecule has 0 aliphatic carbocycles. The minimum absolute atomic E-state index is 0.117. The van der Waals surface area contributed by atoms with Crippen LogP contribution < -0.4 is 4.74 Å². The van der Waals surface area contributed by atoms with Crippen LogP contribution >= 0.6 is 15.9 Å². The summed E-state index contributed by atoms with van der Waals surface area (Å²) >= 11 is 3.16. The number of aromatic nitrogens is 1. The van der Waals surface area contributed by atoms with Gasteiger partial charge in [0.2, 0.25) is 5.88 Å². The lowest BCUT2D eigenvalue weighted by atomic mass is 10.1. The molecule has 0 spiro atoms. The van der Waals surface area contributed by atoms with Crippen molar-refractivity contribution in [1.82, 2.24) is 9.88 Å². The highest BCUT2D eigenvalue weighted by Crippen LogP contribution is 2.21. The number of carbonyl (C=O) groups is 1. The summed E-state index contributed by atoms with van der Waals surface area (Å²) in [5, 5.41) is 8.81. The van der Waals surface area contributed by atoms with Crippen molar-refractivity contribution < 1.29 is 13.9 Å². The fraction of sp³-hybridized carbons (Fsp3) is 0.214. The van der Waals surface area contributed by atoms with Gasteiger partial charge in [-0.25, -0.2) is 4.98 Å². The number of nitriles is 1. The minimum atomic E-state index is -0.167. The van der Waals surface area contributed by atoms with Gasteiger partial charge < -0.3 is 14.1 Å². The van der Waals surface area contributed by atoms with Gasteiger partial charge in [0.05, 0.1) is 24.7 Å². The third-order valence-electron chi connectivity index (χ3n) is 3.07. The lowest BCUT2D eigenvalue weighted by Crippen LogP contribution is -2.56. The van der Waals surface area contributed by atoms with Crippen molar-refractivity contribution in [3.8, 4) is 11.9 Å². The van der Waals surface area contributed by atoms with Crippen molar-refractivity contribution in [3.63, 3.8) is 0 Å². The molecule has 0 radical (unpaired) electrons. The number of amides is 1. The molecule has 7 heteroatoms. The molecule has 1 saturated heterocycles. The highest BCUT2D eigenvalue weighted by atomic mass is 79.9. The van der Waals surface area contributed by atoms with Crippen molar-refractivity contribution in [2.45, 2.75) is 6.10 Å². The van der Waals surface area contributed by atoms with E-state index in [1.165, 1.54) is 6.20 Å². The summed E-state index contributed by atoms with van der Waals surface area (Å²) in [6.07, 6.45) is 1.41. The van der Waals surface area contributed by atoms with E-state index in [9.17, 15) is 4.79 Å². The van der Waals surface area contributed by atoms with Crippen LogP contribution in [0.3, 0.4) is 0 Å². The van der Waals surface area contributed by atoms with Crippen LogP contribution in [-0.4, -0.2) is 35.0 Å². The number of hydrogen-bond acceptors (Lipinski definition) is 5. The molecule has 0 saturated carbocycles. The first-order valence-corrected chi connectivity index (χ1v) is 7.02. The number of likely N-dealkylation sites (tertiary alicyclic amines) is 1. The van der Waals surface area contributed by atoms with Crippen molar-refractivity contribution in [2.24, 2.45) is 0 Å². The predicted molar refractivity (Wildman–Crippen MR) is 75.7 cm³/mol. The highest BCUT2D eigenvalue weighted by molar-refractivity contribution is 9.10. The SMILES string of the molecule is N#Cc1ccnc(OC2CN(C(=O)c3ccc(Br)o3)C2)c1. The van der Waals surface area contributed by atoms with E-state index in [0.717, 1.165) is 0 Å². The second kappa shape index (κ2) is 5.58. The van der Waals surface area contributed by atoms with Crippen molar-refractivity contribution >= 4 is 21.8 Å². The zero-order chi connectivity index (χ0) is 14.8. The maximum Gasteiger partial charge on any atom is 0.289 e. The first-order chi connectivity index (χ1) is 10.2. The van der Waals surface area contributed by atoms with Gasteiger partial charge >= 0.3 is 0 Å². The lowest BCUT2D eigenvalue weighted by Gasteiger charge is -2.38. The summed E-state index contributed by atoms with van der Waals surface area (Å²) in [4.78, 5) is 17.7. The maximum absolute atomic E-state index is 12.0. The summed E-state index contributed by atoms with van der Waals surface area (Å²) in [5.74, 6) is 0.524. The van der Waals surface area contributed by atoms with Crippen LogP contribution in [0.15, 0.2) is 39.5 Å². The molecule has 1 aliphatic rings. The molecule has 0 N–H and O–H groups in total. The molecule has 2 aromatic heterocycles. The van der Waals surface area contributed by atoms with E-state index >= 15 is 0 Å². The van der Waals surface area contributed by atoms with Crippen molar-refractivity contribution in [1.29, 1.82) is 5.26 Å². The van der Waals surface area contributed by atoms with E-state index in [-0.39, 0.29) is 12.0 Å². The summed E-state index contributed by atoms with van der Waals surface area (Å²) in [6, 6.07) is 8.52. The Bertz CT molecular complexity index is 716. The smallest absolute Gasteiger partial charge is 0.289 e. The topological polar surface area (TPSA) is 79.4 Å². The molecule has 3 rings (SSSR count). The van der Waals surface area contributed by atoms with Crippen LogP contribution in [0, 0.1) is 11.3 Å². The standard InChI is InChI=1S/C14H10BrN3O3/c15-12-2-1-11(21-12)14(19)18-7-10(8-18)20-13-5-9(6-16)3-4-17-13/h1-5,10H,7-8H2. The molecule has 1 amide bonds. The number of pyridine rings is 1. The quantitative estimate of drug-likeness (QED) is 0.850. The molecule has 2 aromatic rings. The minimum Gasteiger partial charge on any atom is -0.471 e. The Balaban J connectivity index is 1.56. The van der Waals surface area contributed by atoms with E-state index in [1.54, 1.807) is 29.2 Å². The number of carbonyl (C=O) groups excluding carboxylic acids is 1. The second-order valence-electron chi connectivity index (χ2n) is 4.55. The van der Waals surface area contributed by atoms with Gasteiger partial charge in [-0.1, -0.05) is 0 Å². The first kappa shape index (κ1) is 13.6. The molecular weight excluding hydrogens is 338 g/mol. The summed E-state index contributed by atoms with van der Waals surface area (Å²) in [6.45, 7) is 0.936. The number of hydrogen-bond donors (Lipinski definition) is 0. The van der Waals surface area contributed by atoms with E-state index in [4.69, 9.17) is 14.4 Å². The number of rotatable bonds is 3. The number of ether oxygens (including phenoxy) is 1. The molecule has 0 unspecified atom stereocenters. The Labute approximate surface area is 129 Å². The third-order valence-corrected chi connectivity index (χ3v) is 3.50. The molecule has 1 aliphatic heterocycles. The Morgan fingerprint density at radius 2 is 2.29 bits per heavy atom. The van der Waals surface area contributed by atoms with Gasteiger partial charge in [0.25, 0.3) is 5.91 Å². The van der Waals surface area contributed by atoms with Crippen LogP contribution in [-0.2, 0) is 0 Å². The van der Waals surface area contributed by atoms with Gasteiger partial charge in [0, 0.05) is 12.3 Å². The van der Waals surface area contributed by atoms with Gasteiger partial charge in [-0.05, 0) is 34.1 Å². The summed E-state index contributed by atoms with van der Waals surface area (Å²) in [5.41, 5.74) is 0.493. The maximum atomic E-state index is 12.0. The highest BCUT2D eigenvalue weighted by Gasteiger charge is 2.34. The van der Waals surface area contributed by atoms with Crippen LogP contribution in [0.4, 0.5) is 0 Å². The number of furan rings is 1. The average Bonchev–Trinajstić information content (AvgIpc) is 2.88. The van der Waals surface area contributed by atoms with Crippen LogP contribution in [0.5, 0.6) is 5.88 Å². The molecule has 0 aromatic carbocycles. The Morgan fingerprint density at radius 3 is 2.95 bits per heavy atom. The largest absolute Gasteiger partial charge is 0.471 e. The molecule has 1 fully saturated rings. The zero-order valence-electron chi connectivity index (χ0n) is 10.8. The van der Waals surface area contributed by atoms with E-state index in [0.29, 0.717) is 35.0 Å². The van der Waals surface area contributed by atoms with Gasteiger partial charge in [-0.2, -0.15) is 5.26 Å². The Kier molecular flexibility index (Phi) is 3.62. The van der Waals surface area contributed by atoms with E-state index < -0.39 is 0 Å². The molecule has 21 heavy (non-hydrogen) atoms. The van der Waals surface area contributed by atoms with E-state index in [2.05, 4.69) is 20.9 Å². The molecule has 106 valence electrons. The van der Waals surface area contributed by atoms with Crippen molar-refractivity contribution in [3.05, 3.63) is 46.5 Å². The lowest BCUT2D eigenvalue weighted by molar-refractivity contribution is 0.0137. The summed E-state index contributed by atoms with van der Waals surface area (Å²) < 4.78 is 11.4. The van der Waals surface area contributed by atoms with Gasteiger partial charge in [0.15, 0.2) is 10.4 Å². The van der Waals surface area contributed by atoms with Crippen LogP contribution in [0.1, 0.15) is 16.1 Å². The predicted octanol–water partition coefficient (Wildman–Crippen LogP) is 2.21. The van der Waals surface area contributed by atoms with Gasteiger partial charge in [0.1, 0.15) is 6.10 Å². The monoisotopic (exact) mass is 347 g/mol. The molecule has 0 bridgehead atoms. The molecule has 6 nitrogen and oxygen atoms in total. The molecular formula is C14H10BrN3O3. The van der Waals surface area contributed by atoms with Crippen molar-refractivity contribution in [2.75, 3.05) is 13.1 Å². The van der Waals surface area contributed by atoms with Crippen LogP contribution in [0.25, 0.3) is 0 Å². The fourth-order valence-corrected chi connectivity index (χ4v) is 2.28.